The van der Waals surface area contributed by atoms with E-state index in [0.29, 0.717) is 6.04 Å². The van der Waals surface area contributed by atoms with E-state index in [1.54, 1.807) is 0 Å². The smallest absolute Gasteiger partial charge is 0.0765 e. The predicted molar refractivity (Wildman–Crippen MR) is 92.2 cm³/mol. The summed E-state index contributed by atoms with van der Waals surface area (Å²) in [6.07, 6.45) is 1.13. The van der Waals surface area contributed by atoms with Gasteiger partial charge in [0, 0.05) is 19.5 Å². The van der Waals surface area contributed by atoms with Gasteiger partial charge in [0.25, 0.3) is 0 Å². The Labute approximate surface area is 131 Å². The van der Waals surface area contributed by atoms with Gasteiger partial charge in [-0.05, 0) is 42.6 Å². The molecule has 0 amide bonds. The summed E-state index contributed by atoms with van der Waals surface area (Å²) in [7, 11) is 0. The maximum Gasteiger partial charge on any atom is 0.0765 e. The minimum absolute atomic E-state index is 0.240. The van der Waals surface area contributed by atoms with Crippen molar-refractivity contribution >= 4 is 22.7 Å². The maximum atomic E-state index is 3.64. The highest BCUT2D eigenvalue weighted by molar-refractivity contribution is 7.13. The predicted octanol–water partition coefficient (Wildman–Crippen LogP) is 5.37. The molecule has 2 rings (SSSR count). The summed E-state index contributed by atoms with van der Waals surface area (Å²) < 4.78 is 0. The molecule has 2 aromatic heterocycles. The van der Waals surface area contributed by atoms with Crippen molar-refractivity contribution in [2.45, 2.75) is 52.5 Å². The Bertz CT molecular complexity index is 545. The summed E-state index contributed by atoms with van der Waals surface area (Å²) in [6.45, 7) is 12.2. The van der Waals surface area contributed by atoms with E-state index in [1.165, 1.54) is 19.5 Å². The van der Waals surface area contributed by atoms with Crippen molar-refractivity contribution in [3.63, 3.8) is 0 Å². The number of hydrogen-bond acceptors (Lipinski definition) is 3. The molecule has 0 saturated heterocycles. The van der Waals surface area contributed by atoms with Crippen LogP contribution in [0, 0.1) is 0 Å². The van der Waals surface area contributed by atoms with Crippen molar-refractivity contribution in [3.8, 4) is 0 Å². The van der Waals surface area contributed by atoms with Gasteiger partial charge in [0.05, 0.1) is 6.04 Å². The summed E-state index contributed by atoms with van der Waals surface area (Å²) in [5.41, 5.74) is 0.240. The van der Waals surface area contributed by atoms with Gasteiger partial charge in [0.15, 0.2) is 0 Å². The highest BCUT2D eigenvalue weighted by Crippen LogP contribution is 2.36. The van der Waals surface area contributed by atoms with Crippen molar-refractivity contribution in [2.24, 2.45) is 0 Å². The van der Waals surface area contributed by atoms with E-state index in [1.807, 2.05) is 22.7 Å². The van der Waals surface area contributed by atoms with Crippen LogP contribution in [-0.2, 0) is 11.8 Å². The van der Waals surface area contributed by atoms with Gasteiger partial charge in [-0.3, -0.25) is 0 Å². The minimum Gasteiger partial charge on any atom is -0.305 e. The van der Waals surface area contributed by atoms with Gasteiger partial charge in [-0.2, -0.15) is 0 Å². The van der Waals surface area contributed by atoms with Gasteiger partial charge < -0.3 is 5.32 Å². The Kier molecular flexibility index (Phi) is 5.05. The first-order chi connectivity index (χ1) is 9.45. The lowest BCUT2D eigenvalue weighted by atomic mass is 9.95. The topological polar surface area (TPSA) is 12.0 Å². The Morgan fingerprint density at radius 1 is 1.00 bits per heavy atom. The molecule has 2 heterocycles. The van der Waals surface area contributed by atoms with Crippen molar-refractivity contribution in [2.75, 3.05) is 6.54 Å². The molecule has 0 aromatic carbocycles. The maximum absolute atomic E-state index is 3.64. The van der Waals surface area contributed by atoms with Crippen LogP contribution in [0.3, 0.4) is 0 Å². The van der Waals surface area contributed by atoms with Gasteiger partial charge in [0.1, 0.15) is 0 Å². The van der Waals surface area contributed by atoms with E-state index in [9.17, 15) is 0 Å². The van der Waals surface area contributed by atoms with Gasteiger partial charge in [-0.1, -0.05) is 34.6 Å². The Morgan fingerprint density at radius 3 is 2.15 bits per heavy atom. The first-order valence-corrected chi connectivity index (χ1v) is 9.01. The first-order valence-electron chi connectivity index (χ1n) is 7.38. The van der Waals surface area contributed by atoms with Crippen LogP contribution in [0.5, 0.6) is 0 Å². The third-order valence-corrected chi connectivity index (χ3v) is 6.24. The number of hydrogen-bond donors (Lipinski definition) is 1. The molecule has 2 aromatic rings. The van der Waals surface area contributed by atoms with Crippen LogP contribution >= 0.6 is 22.7 Å². The Hall–Kier alpha value is -0.640. The third kappa shape index (κ3) is 3.51. The second-order valence-corrected chi connectivity index (χ2v) is 8.42. The second kappa shape index (κ2) is 6.42. The van der Waals surface area contributed by atoms with Crippen LogP contribution in [-0.4, -0.2) is 6.54 Å². The molecule has 1 unspecified atom stereocenters. The molecule has 110 valence electrons. The third-order valence-electron chi connectivity index (χ3n) is 3.37. The SMILES string of the molecule is CCNC(c1ccc(CC)s1)c1ccc(C(C)(C)C)s1. The van der Waals surface area contributed by atoms with Gasteiger partial charge in [0.2, 0.25) is 0 Å². The van der Waals surface area contributed by atoms with E-state index >= 15 is 0 Å². The Morgan fingerprint density at radius 2 is 1.65 bits per heavy atom. The molecule has 0 aliphatic heterocycles. The fourth-order valence-electron chi connectivity index (χ4n) is 2.20. The molecule has 0 spiro atoms. The lowest BCUT2D eigenvalue weighted by Gasteiger charge is -2.17. The molecule has 0 saturated carbocycles. The zero-order valence-corrected chi connectivity index (χ0v) is 14.8. The average molecular weight is 308 g/mol. The lowest BCUT2D eigenvalue weighted by Crippen LogP contribution is -2.20. The van der Waals surface area contributed by atoms with Crippen LogP contribution in [0.4, 0.5) is 0 Å². The standard InChI is InChI=1S/C17H25NS2/c1-6-12-8-9-13(19-12)16(18-7-2)14-10-11-15(20-14)17(3,4)5/h8-11,16,18H,6-7H2,1-5H3. The molecule has 0 fully saturated rings. The van der Waals surface area contributed by atoms with Crippen molar-refractivity contribution < 1.29 is 0 Å². The monoisotopic (exact) mass is 307 g/mol. The molecule has 0 aliphatic carbocycles. The number of aryl methyl sites for hydroxylation is 1. The van der Waals surface area contributed by atoms with Crippen LogP contribution in [0.15, 0.2) is 24.3 Å². The van der Waals surface area contributed by atoms with Crippen LogP contribution in [0.25, 0.3) is 0 Å². The van der Waals surface area contributed by atoms with Crippen molar-refractivity contribution in [1.82, 2.24) is 5.32 Å². The molecule has 3 heteroatoms. The first kappa shape index (κ1) is 15.7. The number of thiophene rings is 2. The molecule has 0 aliphatic rings. The molecule has 20 heavy (non-hydrogen) atoms. The lowest BCUT2D eigenvalue weighted by molar-refractivity contribution is 0.604. The molecule has 0 radical (unpaired) electrons. The van der Waals surface area contributed by atoms with Gasteiger partial charge in [-0.25, -0.2) is 0 Å². The Balaban J connectivity index is 2.30. The van der Waals surface area contributed by atoms with Crippen LogP contribution < -0.4 is 5.32 Å². The summed E-state index contributed by atoms with van der Waals surface area (Å²) in [5.74, 6) is 0. The van der Waals surface area contributed by atoms with Crippen molar-refractivity contribution in [1.29, 1.82) is 0 Å². The van der Waals surface area contributed by atoms with E-state index < -0.39 is 0 Å². The minimum atomic E-state index is 0.240. The quantitative estimate of drug-likeness (QED) is 0.783. The van der Waals surface area contributed by atoms with E-state index in [4.69, 9.17) is 0 Å². The molecular weight excluding hydrogens is 282 g/mol. The van der Waals surface area contributed by atoms with E-state index in [-0.39, 0.29) is 5.41 Å². The zero-order valence-electron chi connectivity index (χ0n) is 13.1. The fraction of sp³-hybridized carbons (Fsp3) is 0.529. The highest BCUT2D eigenvalue weighted by atomic mass is 32.1. The molecular formula is C17H25NS2. The second-order valence-electron chi connectivity index (χ2n) is 6.10. The molecule has 1 nitrogen and oxygen atoms in total. The molecule has 1 N–H and O–H groups in total. The van der Waals surface area contributed by atoms with Crippen LogP contribution in [0.2, 0.25) is 0 Å². The normalized spacial score (nSPS) is 13.7. The number of rotatable bonds is 5. The van der Waals surface area contributed by atoms with E-state index in [0.717, 1.165) is 13.0 Å². The van der Waals surface area contributed by atoms with E-state index in [2.05, 4.69) is 64.2 Å². The van der Waals surface area contributed by atoms with Crippen molar-refractivity contribution in [3.05, 3.63) is 43.8 Å². The zero-order chi connectivity index (χ0) is 14.8. The molecule has 1 atom stereocenters. The average Bonchev–Trinajstić information content (AvgIpc) is 3.04. The van der Waals surface area contributed by atoms with Crippen LogP contribution in [0.1, 0.15) is 60.2 Å². The highest BCUT2D eigenvalue weighted by Gasteiger charge is 2.21. The summed E-state index contributed by atoms with van der Waals surface area (Å²) in [4.78, 5) is 5.80. The summed E-state index contributed by atoms with van der Waals surface area (Å²) in [5, 5.41) is 3.64. The molecule has 0 bridgehead atoms. The largest absolute Gasteiger partial charge is 0.305 e. The number of nitrogens with one attached hydrogen (secondary N) is 1. The summed E-state index contributed by atoms with van der Waals surface area (Å²) in [6, 6.07) is 9.49. The van der Waals surface area contributed by atoms with Gasteiger partial charge in [-0.15, -0.1) is 22.7 Å². The summed E-state index contributed by atoms with van der Waals surface area (Å²) >= 11 is 3.88. The van der Waals surface area contributed by atoms with Gasteiger partial charge >= 0.3 is 0 Å². The fourth-order valence-corrected chi connectivity index (χ4v) is 4.48.